The van der Waals surface area contributed by atoms with Crippen LogP contribution in [0.4, 0.5) is 0 Å². The van der Waals surface area contributed by atoms with E-state index < -0.39 is 0 Å². The molecule has 0 aromatic heterocycles. The second-order valence-electron chi connectivity index (χ2n) is 4.53. The predicted octanol–water partition coefficient (Wildman–Crippen LogP) is 1.60. The molecule has 0 heterocycles. The van der Waals surface area contributed by atoms with Gasteiger partial charge in [0.25, 0.3) is 0 Å². The number of nitriles is 1. The van der Waals surface area contributed by atoms with Crippen LogP contribution in [0.5, 0.6) is 0 Å². The molecule has 1 fully saturated rings. The van der Waals surface area contributed by atoms with Gasteiger partial charge in [-0.3, -0.25) is 4.79 Å². The topological polar surface area (TPSA) is 62.1 Å². The van der Waals surface area contributed by atoms with Crippen molar-refractivity contribution < 1.29 is 9.53 Å². The van der Waals surface area contributed by atoms with Gasteiger partial charge in [0.15, 0.2) is 0 Å². The fraction of sp³-hybridized carbons (Fsp3) is 0.429. The third kappa shape index (κ3) is 3.08. The summed E-state index contributed by atoms with van der Waals surface area (Å²) in [4.78, 5) is 11.6. The molecule has 1 aliphatic rings. The number of methoxy groups -OCH3 is 1. The summed E-state index contributed by atoms with van der Waals surface area (Å²) in [5.41, 5.74) is 1.64. The van der Waals surface area contributed by atoms with Crippen molar-refractivity contribution in [3.05, 3.63) is 35.4 Å². The molecule has 0 saturated heterocycles. The van der Waals surface area contributed by atoms with Gasteiger partial charge in [0, 0.05) is 6.54 Å². The van der Waals surface area contributed by atoms with E-state index in [1.807, 2.05) is 18.2 Å². The molecule has 1 aliphatic carbocycles. The second-order valence-corrected chi connectivity index (χ2v) is 4.53. The van der Waals surface area contributed by atoms with Crippen molar-refractivity contribution in [2.75, 3.05) is 7.11 Å². The van der Waals surface area contributed by atoms with Gasteiger partial charge in [0.2, 0.25) is 0 Å². The lowest BCUT2D eigenvalue weighted by atomic mass is 10.1. The zero-order valence-electron chi connectivity index (χ0n) is 10.3. The highest BCUT2D eigenvalue weighted by molar-refractivity contribution is 5.76. The molecule has 1 atom stereocenters. The van der Waals surface area contributed by atoms with Crippen LogP contribution in [-0.4, -0.2) is 19.1 Å². The summed E-state index contributed by atoms with van der Waals surface area (Å²) >= 11 is 0. The molecule has 18 heavy (non-hydrogen) atoms. The summed E-state index contributed by atoms with van der Waals surface area (Å²) in [6.07, 6.45) is 2.15. The first-order valence-corrected chi connectivity index (χ1v) is 6.05. The summed E-state index contributed by atoms with van der Waals surface area (Å²) in [6, 6.07) is 9.26. The first-order valence-electron chi connectivity index (χ1n) is 6.05. The number of ether oxygens (including phenoxy) is 1. The predicted molar refractivity (Wildman–Crippen MR) is 66.5 cm³/mol. The van der Waals surface area contributed by atoms with Crippen LogP contribution in [0.3, 0.4) is 0 Å². The maximum absolute atomic E-state index is 11.6. The Kier molecular flexibility index (Phi) is 3.96. The number of carbonyl (C=O) groups excluding carboxylic acids is 1. The summed E-state index contributed by atoms with van der Waals surface area (Å²) in [7, 11) is 1.41. The van der Waals surface area contributed by atoms with Crippen LogP contribution in [0.2, 0.25) is 0 Å². The quantitative estimate of drug-likeness (QED) is 0.799. The van der Waals surface area contributed by atoms with Crippen LogP contribution < -0.4 is 5.32 Å². The van der Waals surface area contributed by atoms with Crippen LogP contribution >= 0.6 is 0 Å². The number of nitrogens with one attached hydrogen (secondary N) is 1. The summed E-state index contributed by atoms with van der Waals surface area (Å²) in [6.45, 7) is 0.575. The van der Waals surface area contributed by atoms with Crippen LogP contribution in [0.15, 0.2) is 24.3 Å². The van der Waals surface area contributed by atoms with Crippen LogP contribution in [0, 0.1) is 17.2 Å². The van der Waals surface area contributed by atoms with Crippen LogP contribution in [0.1, 0.15) is 24.0 Å². The van der Waals surface area contributed by atoms with E-state index in [0.29, 0.717) is 18.0 Å². The number of hydrogen-bond donors (Lipinski definition) is 1. The lowest BCUT2D eigenvalue weighted by molar-refractivity contribution is -0.143. The standard InChI is InChI=1S/C14H16N2O2/c1-18-14(17)13(12-5-6-12)16-9-11-4-2-3-10(7-11)8-15/h2-4,7,12-13,16H,5-6,9H2,1H3. The third-order valence-corrected chi connectivity index (χ3v) is 3.13. The molecule has 0 bridgehead atoms. The Morgan fingerprint density at radius 2 is 2.39 bits per heavy atom. The molecule has 4 heteroatoms. The monoisotopic (exact) mass is 244 g/mol. The van der Waals surface area contributed by atoms with Crippen LogP contribution in [-0.2, 0) is 16.1 Å². The van der Waals surface area contributed by atoms with Crippen molar-refractivity contribution in [2.24, 2.45) is 5.92 Å². The van der Waals surface area contributed by atoms with E-state index in [4.69, 9.17) is 10.00 Å². The number of rotatable bonds is 5. The molecule has 0 spiro atoms. The van der Waals surface area contributed by atoms with Crippen molar-refractivity contribution in [2.45, 2.75) is 25.4 Å². The number of hydrogen-bond acceptors (Lipinski definition) is 4. The minimum atomic E-state index is -0.222. The van der Waals surface area contributed by atoms with Gasteiger partial charge in [-0.05, 0) is 36.5 Å². The SMILES string of the molecule is COC(=O)C(NCc1cccc(C#N)c1)C1CC1. The van der Waals surface area contributed by atoms with Crippen molar-refractivity contribution in [3.8, 4) is 6.07 Å². The number of esters is 1. The molecule has 2 rings (SSSR count). The van der Waals surface area contributed by atoms with E-state index in [0.717, 1.165) is 18.4 Å². The maximum atomic E-state index is 11.6. The average molecular weight is 244 g/mol. The lowest BCUT2D eigenvalue weighted by Crippen LogP contribution is -2.39. The van der Waals surface area contributed by atoms with Gasteiger partial charge in [0.1, 0.15) is 6.04 Å². The first kappa shape index (κ1) is 12.6. The zero-order chi connectivity index (χ0) is 13.0. The van der Waals surface area contributed by atoms with Crippen molar-refractivity contribution in [3.63, 3.8) is 0 Å². The smallest absolute Gasteiger partial charge is 0.323 e. The molecule has 4 nitrogen and oxygen atoms in total. The fourth-order valence-corrected chi connectivity index (χ4v) is 1.98. The van der Waals surface area contributed by atoms with Gasteiger partial charge in [-0.25, -0.2) is 0 Å². The highest BCUT2D eigenvalue weighted by Crippen LogP contribution is 2.33. The summed E-state index contributed by atoms with van der Waals surface area (Å²) < 4.78 is 4.79. The van der Waals surface area contributed by atoms with Gasteiger partial charge in [-0.1, -0.05) is 12.1 Å². The molecule has 0 amide bonds. The van der Waals surface area contributed by atoms with E-state index in [-0.39, 0.29) is 12.0 Å². The maximum Gasteiger partial charge on any atom is 0.323 e. The highest BCUT2D eigenvalue weighted by atomic mass is 16.5. The average Bonchev–Trinajstić information content (AvgIpc) is 3.23. The molecular weight excluding hydrogens is 228 g/mol. The van der Waals surface area contributed by atoms with Crippen molar-refractivity contribution in [1.29, 1.82) is 5.26 Å². The Morgan fingerprint density at radius 3 is 3.00 bits per heavy atom. The van der Waals surface area contributed by atoms with Crippen LogP contribution in [0.25, 0.3) is 0 Å². The molecule has 94 valence electrons. The Hall–Kier alpha value is -1.86. The van der Waals surface area contributed by atoms with E-state index in [1.54, 1.807) is 6.07 Å². The van der Waals surface area contributed by atoms with E-state index in [9.17, 15) is 4.79 Å². The molecule has 1 N–H and O–H groups in total. The largest absolute Gasteiger partial charge is 0.468 e. The third-order valence-electron chi connectivity index (χ3n) is 3.13. The highest BCUT2D eigenvalue weighted by Gasteiger charge is 2.36. The van der Waals surface area contributed by atoms with Gasteiger partial charge >= 0.3 is 5.97 Å². The Morgan fingerprint density at radius 1 is 1.61 bits per heavy atom. The summed E-state index contributed by atoms with van der Waals surface area (Å²) in [5.74, 6) is 0.200. The van der Waals surface area contributed by atoms with Crippen molar-refractivity contribution >= 4 is 5.97 Å². The molecule has 1 aromatic rings. The number of benzene rings is 1. The lowest BCUT2D eigenvalue weighted by Gasteiger charge is -2.15. The van der Waals surface area contributed by atoms with Gasteiger partial charge < -0.3 is 10.1 Å². The van der Waals surface area contributed by atoms with Crippen molar-refractivity contribution in [1.82, 2.24) is 5.32 Å². The zero-order valence-corrected chi connectivity index (χ0v) is 10.3. The molecule has 1 saturated carbocycles. The molecule has 1 aromatic carbocycles. The number of nitrogens with zero attached hydrogens (tertiary/aromatic N) is 1. The minimum absolute atomic E-state index is 0.200. The van der Waals surface area contributed by atoms with Gasteiger partial charge in [0.05, 0.1) is 18.7 Å². The molecule has 0 aliphatic heterocycles. The normalized spacial score (nSPS) is 15.8. The van der Waals surface area contributed by atoms with E-state index in [2.05, 4.69) is 11.4 Å². The Balaban J connectivity index is 1.96. The minimum Gasteiger partial charge on any atom is -0.468 e. The molecule has 1 unspecified atom stereocenters. The van der Waals surface area contributed by atoms with Gasteiger partial charge in [-0.2, -0.15) is 5.26 Å². The van der Waals surface area contributed by atoms with E-state index >= 15 is 0 Å². The fourth-order valence-electron chi connectivity index (χ4n) is 1.98. The Labute approximate surface area is 107 Å². The molecular formula is C14H16N2O2. The molecule has 0 radical (unpaired) electrons. The summed E-state index contributed by atoms with van der Waals surface area (Å²) in [5, 5.41) is 12.0. The Bertz CT molecular complexity index is 475. The van der Waals surface area contributed by atoms with Gasteiger partial charge in [-0.15, -0.1) is 0 Å². The first-order chi connectivity index (χ1) is 8.74. The second kappa shape index (κ2) is 5.65. The van der Waals surface area contributed by atoms with E-state index in [1.165, 1.54) is 7.11 Å². The number of carbonyl (C=O) groups is 1.